The molecule has 0 unspecified atom stereocenters. The third-order valence-corrected chi connectivity index (χ3v) is 3.38. The summed E-state index contributed by atoms with van der Waals surface area (Å²) in [7, 11) is 1.65. The molecular formula is C17H20N2O2. The average molecular weight is 284 g/mol. The van der Waals surface area contributed by atoms with Crippen molar-refractivity contribution in [3.63, 3.8) is 0 Å². The lowest BCUT2D eigenvalue weighted by Gasteiger charge is -2.19. The minimum Gasteiger partial charge on any atom is -0.322 e. The highest BCUT2D eigenvalue weighted by Crippen LogP contribution is 2.23. The minimum absolute atomic E-state index is 0.0776. The number of amides is 1. The molecule has 0 aliphatic heterocycles. The smallest absolute Gasteiger partial charge is 0.255 e. The van der Waals surface area contributed by atoms with Crippen LogP contribution in [0.2, 0.25) is 0 Å². The fourth-order valence-corrected chi connectivity index (χ4v) is 1.95. The standard InChI is InChI=1S/C17H20N2O2/c1-17(2,3)13-5-7-14(8-6-13)18-16(21)12-9-10-19(4)15(20)11-12/h5-11H,1-4H3,(H,18,21). The highest BCUT2D eigenvalue weighted by molar-refractivity contribution is 6.04. The zero-order valence-corrected chi connectivity index (χ0v) is 12.8. The molecule has 0 saturated heterocycles. The number of rotatable bonds is 2. The number of aromatic nitrogens is 1. The number of anilines is 1. The molecule has 1 amide bonds. The Morgan fingerprint density at radius 2 is 1.71 bits per heavy atom. The lowest BCUT2D eigenvalue weighted by Crippen LogP contribution is -2.20. The summed E-state index contributed by atoms with van der Waals surface area (Å²) in [6.07, 6.45) is 1.58. The molecule has 0 aliphatic carbocycles. The highest BCUT2D eigenvalue weighted by Gasteiger charge is 2.13. The summed E-state index contributed by atoms with van der Waals surface area (Å²) in [5, 5.41) is 2.80. The van der Waals surface area contributed by atoms with Crippen LogP contribution in [0.5, 0.6) is 0 Å². The Hall–Kier alpha value is -2.36. The van der Waals surface area contributed by atoms with Gasteiger partial charge in [-0.15, -0.1) is 0 Å². The normalized spacial score (nSPS) is 11.2. The summed E-state index contributed by atoms with van der Waals surface area (Å²) in [4.78, 5) is 23.6. The van der Waals surface area contributed by atoms with E-state index in [-0.39, 0.29) is 16.9 Å². The Morgan fingerprint density at radius 3 is 2.24 bits per heavy atom. The molecule has 2 rings (SSSR count). The van der Waals surface area contributed by atoms with Gasteiger partial charge in [0.05, 0.1) is 0 Å². The van der Waals surface area contributed by atoms with Gasteiger partial charge in [-0.05, 0) is 29.2 Å². The number of hydrogen-bond acceptors (Lipinski definition) is 2. The summed E-state index contributed by atoms with van der Waals surface area (Å²) < 4.78 is 1.43. The molecule has 0 radical (unpaired) electrons. The molecule has 1 aromatic carbocycles. The maximum Gasteiger partial charge on any atom is 0.255 e. The average Bonchev–Trinajstić information content (AvgIpc) is 2.41. The Bertz CT molecular complexity index is 707. The van der Waals surface area contributed by atoms with Crippen LogP contribution in [-0.2, 0) is 12.5 Å². The molecule has 0 spiro atoms. The third-order valence-electron chi connectivity index (χ3n) is 3.38. The van der Waals surface area contributed by atoms with Gasteiger partial charge >= 0.3 is 0 Å². The summed E-state index contributed by atoms with van der Waals surface area (Å²) >= 11 is 0. The minimum atomic E-state index is -0.281. The van der Waals surface area contributed by atoms with Crippen LogP contribution in [0.4, 0.5) is 5.69 Å². The quantitative estimate of drug-likeness (QED) is 0.921. The van der Waals surface area contributed by atoms with E-state index in [0.29, 0.717) is 11.3 Å². The third kappa shape index (κ3) is 3.60. The lowest BCUT2D eigenvalue weighted by atomic mass is 9.87. The second kappa shape index (κ2) is 5.56. The van der Waals surface area contributed by atoms with Gasteiger partial charge in [-0.3, -0.25) is 9.59 Å². The SMILES string of the molecule is Cn1ccc(C(=O)Nc2ccc(C(C)(C)C)cc2)cc1=O. The lowest BCUT2D eigenvalue weighted by molar-refractivity contribution is 0.102. The van der Waals surface area contributed by atoms with Gasteiger partial charge in [-0.25, -0.2) is 0 Å². The maximum absolute atomic E-state index is 12.1. The van der Waals surface area contributed by atoms with Crippen molar-refractivity contribution >= 4 is 11.6 Å². The number of aryl methyl sites for hydroxylation is 1. The van der Waals surface area contributed by atoms with Crippen molar-refractivity contribution in [1.82, 2.24) is 4.57 Å². The number of nitrogens with zero attached hydrogens (tertiary/aromatic N) is 1. The van der Waals surface area contributed by atoms with E-state index < -0.39 is 0 Å². The Kier molecular flexibility index (Phi) is 3.98. The Morgan fingerprint density at radius 1 is 1.10 bits per heavy atom. The van der Waals surface area contributed by atoms with Crippen LogP contribution in [0.3, 0.4) is 0 Å². The number of pyridine rings is 1. The predicted molar refractivity (Wildman–Crippen MR) is 84.8 cm³/mol. The second-order valence-corrected chi connectivity index (χ2v) is 6.15. The first-order valence-electron chi connectivity index (χ1n) is 6.86. The topological polar surface area (TPSA) is 51.1 Å². The maximum atomic E-state index is 12.1. The fraction of sp³-hybridized carbons (Fsp3) is 0.294. The first-order valence-corrected chi connectivity index (χ1v) is 6.86. The van der Waals surface area contributed by atoms with E-state index in [1.54, 1.807) is 19.3 Å². The van der Waals surface area contributed by atoms with Crippen LogP contribution in [-0.4, -0.2) is 10.5 Å². The number of carbonyl (C=O) groups excluding carboxylic acids is 1. The van der Waals surface area contributed by atoms with Gasteiger partial charge in [0, 0.05) is 30.6 Å². The van der Waals surface area contributed by atoms with Crippen LogP contribution in [0.25, 0.3) is 0 Å². The Labute approximate surface area is 124 Å². The van der Waals surface area contributed by atoms with Gasteiger partial charge in [0.25, 0.3) is 11.5 Å². The molecule has 0 bridgehead atoms. The van der Waals surface area contributed by atoms with Crippen LogP contribution in [0.15, 0.2) is 47.4 Å². The van der Waals surface area contributed by atoms with Crippen molar-refractivity contribution in [3.05, 3.63) is 64.1 Å². The van der Waals surface area contributed by atoms with Crippen LogP contribution in [0.1, 0.15) is 36.7 Å². The van der Waals surface area contributed by atoms with Crippen molar-refractivity contribution < 1.29 is 4.79 Å². The number of carbonyl (C=O) groups is 1. The molecule has 2 aromatic rings. The number of benzene rings is 1. The first-order chi connectivity index (χ1) is 9.77. The van der Waals surface area contributed by atoms with Crippen molar-refractivity contribution in [2.75, 3.05) is 5.32 Å². The van der Waals surface area contributed by atoms with Gasteiger partial charge < -0.3 is 9.88 Å². The van der Waals surface area contributed by atoms with E-state index in [9.17, 15) is 9.59 Å². The van der Waals surface area contributed by atoms with Crippen LogP contribution >= 0.6 is 0 Å². The summed E-state index contributed by atoms with van der Waals surface area (Å²) in [6.45, 7) is 6.42. The van der Waals surface area contributed by atoms with Gasteiger partial charge in [-0.1, -0.05) is 32.9 Å². The molecule has 21 heavy (non-hydrogen) atoms. The molecule has 4 heteroatoms. The highest BCUT2D eigenvalue weighted by atomic mass is 16.2. The zero-order chi connectivity index (χ0) is 15.6. The van der Waals surface area contributed by atoms with Crippen LogP contribution < -0.4 is 10.9 Å². The van der Waals surface area contributed by atoms with E-state index in [1.165, 1.54) is 16.2 Å². The number of nitrogens with one attached hydrogen (secondary N) is 1. The largest absolute Gasteiger partial charge is 0.322 e. The van der Waals surface area contributed by atoms with Gasteiger partial charge in [0.15, 0.2) is 0 Å². The van der Waals surface area contributed by atoms with E-state index in [4.69, 9.17) is 0 Å². The van der Waals surface area contributed by atoms with E-state index in [2.05, 4.69) is 26.1 Å². The molecule has 0 atom stereocenters. The molecule has 1 N–H and O–H groups in total. The molecule has 1 heterocycles. The fourth-order valence-electron chi connectivity index (χ4n) is 1.95. The molecule has 110 valence electrons. The molecular weight excluding hydrogens is 264 g/mol. The van der Waals surface area contributed by atoms with Crippen molar-refractivity contribution in [2.24, 2.45) is 7.05 Å². The van der Waals surface area contributed by atoms with Crippen molar-refractivity contribution in [1.29, 1.82) is 0 Å². The number of hydrogen-bond donors (Lipinski definition) is 1. The monoisotopic (exact) mass is 284 g/mol. The summed E-state index contributed by atoms with van der Waals surface area (Å²) in [5.41, 5.74) is 2.15. The van der Waals surface area contributed by atoms with Crippen molar-refractivity contribution in [3.8, 4) is 0 Å². The van der Waals surface area contributed by atoms with E-state index >= 15 is 0 Å². The van der Waals surface area contributed by atoms with Gasteiger partial charge in [0.1, 0.15) is 0 Å². The van der Waals surface area contributed by atoms with Crippen LogP contribution in [0, 0.1) is 0 Å². The summed E-state index contributed by atoms with van der Waals surface area (Å²) in [6, 6.07) is 10.7. The molecule has 0 fully saturated rings. The molecule has 0 saturated carbocycles. The van der Waals surface area contributed by atoms with Crippen molar-refractivity contribution in [2.45, 2.75) is 26.2 Å². The van der Waals surface area contributed by atoms with E-state index in [1.807, 2.05) is 24.3 Å². The van der Waals surface area contributed by atoms with Gasteiger partial charge in [-0.2, -0.15) is 0 Å². The van der Waals surface area contributed by atoms with E-state index in [0.717, 1.165) is 0 Å². The molecule has 1 aromatic heterocycles. The first kappa shape index (κ1) is 15.0. The molecule has 4 nitrogen and oxygen atoms in total. The Balaban J connectivity index is 2.16. The summed E-state index contributed by atoms with van der Waals surface area (Å²) in [5.74, 6) is -0.281. The molecule has 0 aliphatic rings. The second-order valence-electron chi connectivity index (χ2n) is 6.15. The zero-order valence-electron chi connectivity index (χ0n) is 12.8. The predicted octanol–water partition coefficient (Wildman–Crippen LogP) is 2.94. The van der Waals surface area contributed by atoms with Gasteiger partial charge in [0.2, 0.25) is 0 Å².